The maximum atomic E-state index is 10.9. The highest BCUT2D eigenvalue weighted by Gasteiger charge is 2.35. The van der Waals surface area contributed by atoms with Gasteiger partial charge in [0.15, 0.2) is 0 Å². The van der Waals surface area contributed by atoms with Crippen LogP contribution in [-0.2, 0) is 4.79 Å². The van der Waals surface area contributed by atoms with Crippen LogP contribution in [0.3, 0.4) is 0 Å². The Kier molecular flexibility index (Phi) is 2.19. The molecule has 0 amide bonds. The van der Waals surface area contributed by atoms with Crippen LogP contribution in [0.1, 0.15) is 49.9 Å². The van der Waals surface area contributed by atoms with Crippen molar-refractivity contribution in [2.75, 3.05) is 0 Å². The van der Waals surface area contributed by atoms with Crippen molar-refractivity contribution in [3.8, 4) is 0 Å². The van der Waals surface area contributed by atoms with Gasteiger partial charge in [-0.2, -0.15) is 0 Å². The molecule has 0 radical (unpaired) electrons. The molecule has 16 heavy (non-hydrogen) atoms. The van der Waals surface area contributed by atoms with Crippen LogP contribution in [0.2, 0.25) is 0 Å². The predicted molar refractivity (Wildman–Crippen MR) is 56.0 cm³/mol. The SMILES string of the molecule is O=C(O)C1CCC(c2nncn2C2CC2)C1. The van der Waals surface area contributed by atoms with E-state index in [0.717, 1.165) is 25.1 Å². The molecule has 1 heterocycles. The van der Waals surface area contributed by atoms with Gasteiger partial charge in [-0.3, -0.25) is 4.79 Å². The first-order valence-corrected chi connectivity index (χ1v) is 5.88. The standard InChI is InChI=1S/C11H15N3O2/c15-11(16)8-2-1-7(5-8)10-13-12-6-14(10)9-3-4-9/h6-9H,1-5H2,(H,15,16). The van der Waals surface area contributed by atoms with Crippen molar-refractivity contribution in [1.82, 2.24) is 14.8 Å². The molecule has 2 saturated carbocycles. The average molecular weight is 221 g/mol. The van der Waals surface area contributed by atoms with Gasteiger partial charge in [-0.25, -0.2) is 0 Å². The molecule has 1 aromatic heterocycles. The molecular weight excluding hydrogens is 206 g/mol. The predicted octanol–water partition coefficient (Wildman–Crippen LogP) is 1.58. The Hall–Kier alpha value is -1.39. The van der Waals surface area contributed by atoms with Crippen LogP contribution in [-0.4, -0.2) is 25.8 Å². The molecule has 0 bridgehead atoms. The molecule has 2 atom stereocenters. The monoisotopic (exact) mass is 221 g/mol. The number of nitrogens with zero attached hydrogens (tertiary/aromatic N) is 3. The summed E-state index contributed by atoms with van der Waals surface area (Å²) in [5.41, 5.74) is 0. The van der Waals surface area contributed by atoms with Crippen molar-refractivity contribution in [3.63, 3.8) is 0 Å². The van der Waals surface area contributed by atoms with E-state index in [2.05, 4.69) is 14.8 Å². The molecule has 2 fully saturated rings. The van der Waals surface area contributed by atoms with E-state index in [1.165, 1.54) is 12.8 Å². The van der Waals surface area contributed by atoms with Crippen molar-refractivity contribution >= 4 is 5.97 Å². The molecule has 0 aliphatic heterocycles. The Morgan fingerprint density at radius 2 is 2.19 bits per heavy atom. The van der Waals surface area contributed by atoms with Gasteiger partial charge in [0.25, 0.3) is 0 Å². The number of hydrogen-bond donors (Lipinski definition) is 1. The lowest BCUT2D eigenvalue weighted by Gasteiger charge is -2.10. The summed E-state index contributed by atoms with van der Waals surface area (Å²) in [5, 5.41) is 17.1. The Labute approximate surface area is 93.5 Å². The van der Waals surface area contributed by atoms with E-state index in [0.29, 0.717) is 12.0 Å². The summed E-state index contributed by atoms with van der Waals surface area (Å²) in [7, 11) is 0. The maximum absolute atomic E-state index is 10.9. The number of carboxylic acids is 1. The van der Waals surface area contributed by atoms with Gasteiger partial charge in [0, 0.05) is 12.0 Å². The quantitative estimate of drug-likeness (QED) is 0.841. The molecule has 5 heteroatoms. The van der Waals surface area contributed by atoms with Crippen molar-refractivity contribution in [3.05, 3.63) is 12.2 Å². The van der Waals surface area contributed by atoms with E-state index in [1.54, 1.807) is 6.33 Å². The van der Waals surface area contributed by atoms with E-state index in [4.69, 9.17) is 5.11 Å². The number of carboxylic acid groups (broad SMARTS) is 1. The molecule has 0 saturated heterocycles. The van der Waals surface area contributed by atoms with Crippen molar-refractivity contribution in [2.24, 2.45) is 5.92 Å². The summed E-state index contributed by atoms with van der Waals surface area (Å²) in [6.07, 6.45) is 6.64. The fourth-order valence-corrected chi connectivity index (χ4v) is 2.62. The van der Waals surface area contributed by atoms with Gasteiger partial charge >= 0.3 is 5.97 Å². The van der Waals surface area contributed by atoms with Crippen LogP contribution < -0.4 is 0 Å². The molecule has 2 unspecified atom stereocenters. The highest BCUT2D eigenvalue weighted by molar-refractivity contribution is 5.70. The second kappa shape index (κ2) is 3.57. The fraction of sp³-hybridized carbons (Fsp3) is 0.727. The lowest BCUT2D eigenvalue weighted by Crippen LogP contribution is -2.10. The molecular formula is C11H15N3O2. The van der Waals surface area contributed by atoms with Gasteiger partial charge in [-0.1, -0.05) is 0 Å². The summed E-state index contributed by atoms with van der Waals surface area (Å²) in [5.74, 6) is 0.449. The van der Waals surface area contributed by atoms with Crippen molar-refractivity contribution < 1.29 is 9.90 Å². The molecule has 1 aromatic rings. The zero-order valence-corrected chi connectivity index (χ0v) is 9.04. The summed E-state index contributed by atoms with van der Waals surface area (Å²) < 4.78 is 2.15. The second-order valence-corrected chi connectivity index (χ2v) is 4.87. The first-order valence-electron chi connectivity index (χ1n) is 5.88. The third-order valence-electron chi connectivity index (χ3n) is 3.69. The molecule has 0 aromatic carbocycles. The lowest BCUT2D eigenvalue weighted by atomic mass is 10.0. The molecule has 1 N–H and O–H groups in total. The fourth-order valence-electron chi connectivity index (χ4n) is 2.62. The smallest absolute Gasteiger partial charge is 0.306 e. The first kappa shape index (κ1) is 9.81. The van der Waals surface area contributed by atoms with E-state index >= 15 is 0 Å². The third kappa shape index (κ3) is 1.60. The zero-order valence-electron chi connectivity index (χ0n) is 9.04. The number of aromatic nitrogens is 3. The van der Waals surface area contributed by atoms with Gasteiger partial charge in [-0.15, -0.1) is 10.2 Å². The Balaban J connectivity index is 1.77. The van der Waals surface area contributed by atoms with Gasteiger partial charge in [0.2, 0.25) is 0 Å². The highest BCUT2D eigenvalue weighted by atomic mass is 16.4. The number of hydrogen-bond acceptors (Lipinski definition) is 3. The average Bonchev–Trinajstić information content (AvgIpc) is 2.83. The van der Waals surface area contributed by atoms with Gasteiger partial charge in [0.05, 0.1) is 5.92 Å². The summed E-state index contributed by atoms with van der Waals surface area (Å²) in [4.78, 5) is 10.9. The van der Waals surface area contributed by atoms with E-state index in [1.807, 2.05) is 0 Å². The van der Waals surface area contributed by atoms with Crippen LogP contribution in [0.5, 0.6) is 0 Å². The summed E-state index contributed by atoms with van der Waals surface area (Å²) in [6.45, 7) is 0. The maximum Gasteiger partial charge on any atom is 0.306 e. The number of aliphatic carboxylic acids is 1. The largest absolute Gasteiger partial charge is 0.481 e. The van der Waals surface area contributed by atoms with Crippen molar-refractivity contribution in [1.29, 1.82) is 0 Å². The van der Waals surface area contributed by atoms with Crippen LogP contribution in [0, 0.1) is 5.92 Å². The third-order valence-corrected chi connectivity index (χ3v) is 3.69. The minimum Gasteiger partial charge on any atom is -0.481 e. The topological polar surface area (TPSA) is 68.0 Å². The van der Waals surface area contributed by atoms with Gasteiger partial charge < -0.3 is 9.67 Å². The van der Waals surface area contributed by atoms with Crippen LogP contribution >= 0.6 is 0 Å². The van der Waals surface area contributed by atoms with Crippen molar-refractivity contribution in [2.45, 2.75) is 44.1 Å². The first-order chi connectivity index (χ1) is 7.75. The summed E-state index contributed by atoms with van der Waals surface area (Å²) in [6, 6.07) is 0.578. The molecule has 2 aliphatic rings. The minimum absolute atomic E-state index is 0.186. The number of carbonyl (C=O) groups is 1. The molecule has 5 nitrogen and oxygen atoms in total. The molecule has 2 aliphatic carbocycles. The summed E-state index contributed by atoms with van der Waals surface area (Å²) >= 11 is 0. The van der Waals surface area contributed by atoms with E-state index in [-0.39, 0.29) is 5.92 Å². The normalized spacial score (nSPS) is 29.5. The van der Waals surface area contributed by atoms with E-state index < -0.39 is 5.97 Å². The second-order valence-electron chi connectivity index (χ2n) is 4.87. The van der Waals surface area contributed by atoms with Crippen LogP contribution in [0.4, 0.5) is 0 Å². The molecule has 86 valence electrons. The highest BCUT2D eigenvalue weighted by Crippen LogP contribution is 2.42. The molecule has 3 rings (SSSR count). The molecule has 0 spiro atoms. The Morgan fingerprint density at radius 3 is 2.81 bits per heavy atom. The van der Waals surface area contributed by atoms with Gasteiger partial charge in [0.1, 0.15) is 12.2 Å². The minimum atomic E-state index is -0.667. The number of rotatable bonds is 3. The van der Waals surface area contributed by atoms with Crippen LogP contribution in [0.25, 0.3) is 0 Å². The van der Waals surface area contributed by atoms with Gasteiger partial charge in [-0.05, 0) is 32.1 Å². The Morgan fingerprint density at radius 1 is 1.38 bits per heavy atom. The van der Waals surface area contributed by atoms with E-state index in [9.17, 15) is 4.79 Å². The lowest BCUT2D eigenvalue weighted by molar-refractivity contribution is -0.141. The van der Waals surface area contributed by atoms with Crippen LogP contribution in [0.15, 0.2) is 6.33 Å². The Bertz CT molecular complexity index is 411. The zero-order chi connectivity index (χ0) is 11.1.